The van der Waals surface area contributed by atoms with Crippen LogP contribution in [0.25, 0.3) is 0 Å². The number of nitrogens with one attached hydrogen (secondary N) is 1. The summed E-state index contributed by atoms with van der Waals surface area (Å²) in [5.74, 6) is -0.338. The van der Waals surface area contributed by atoms with Gasteiger partial charge < -0.3 is 19.7 Å². The second kappa shape index (κ2) is 9.45. The average molecular weight is 413 g/mol. The zero-order valence-corrected chi connectivity index (χ0v) is 17.2. The molecule has 2 heterocycles. The molecule has 2 aliphatic rings. The van der Waals surface area contributed by atoms with Gasteiger partial charge in [-0.1, -0.05) is 30.3 Å². The zero-order chi connectivity index (χ0) is 20.9. The largest absolute Gasteiger partial charge is 0.494 e. The molecule has 30 heavy (non-hydrogen) atoms. The Bertz CT molecular complexity index is 852. The fourth-order valence-electron chi connectivity index (χ4n) is 4.14. The number of hydrogen-bond acceptors (Lipinski definition) is 4. The molecule has 0 spiro atoms. The Morgan fingerprint density at radius 2 is 1.90 bits per heavy atom. The van der Waals surface area contributed by atoms with E-state index in [-0.39, 0.29) is 11.8 Å². The van der Waals surface area contributed by atoms with E-state index in [1.54, 1.807) is 11.0 Å². The maximum absolute atomic E-state index is 13.9. The molecule has 1 N–H and O–H groups in total. The lowest BCUT2D eigenvalue weighted by molar-refractivity contribution is -0.0223. The van der Waals surface area contributed by atoms with E-state index in [9.17, 15) is 9.18 Å². The van der Waals surface area contributed by atoms with Crippen molar-refractivity contribution in [3.8, 4) is 5.75 Å². The van der Waals surface area contributed by atoms with E-state index in [1.807, 2.05) is 6.07 Å². The van der Waals surface area contributed by atoms with Crippen molar-refractivity contribution in [3.05, 3.63) is 59.9 Å². The van der Waals surface area contributed by atoms with Crippen LogP contribution in [0.15, 0.2) is 48.5 Å². The summed E-state index contributed by atoms with van der Waals surface area (Å²) in [6, 6.07) is 15.4. The van der Waals surface area contributed by atoms with E-state index >= 15 is 0 Å². The highest BCUT2D eigenvalue weighted by atomic mass is 19.1. The third-order valence-electron chi connectivity index (χ3n) is 5.89. The number of likely N-dealkylation sites (tertiary alicyclic amines) is 1. The Hall–Kier alpha value is -2.64. The van der Waals surface area contributed by atoms with Crippen LogP contribution in [0.1, 0.15) is 18.4 Å². The van der Waals surface area contributed by atoms with Crippen LogP contribution in [0.2, 0.25) is 0 Å². The minimum absolute atomic E-state index is 0.157. The van der Waals surface area contributed by atoms with Crippen LogP contribution in [0, 0.1) is 5.82 Å². The molecular weight excluding hydrogens is 385 g/mol. The first-order valence-corrected chi connectivity index (χ1v) is 10.4. The number of methoxy groups -OCH3 is 1. The van der Waals surface area contributed by atoms with Crippen molar-refractivity contribution in [2.75, 3.05) is 38.7 Å². The molecule has 4 rings (SSSR count). The van der Waals surface area contributed by atoms with Crippen molar-refractivity contribution < 1.29 is 18.7 Å². The average Bonchev–Trinajstić information content (AvgIpc) is 2.73. The summed E-state index contributed by atoms with van der Waals surface area (Å²) >= 11 is 0. The Morgan fingerprint density at radius 3 is 2.57 bits per heavy atom. The molecule has 2 amide bonds. The number of nitrogens with zero attached hydrogens (tertiary/aromatic N) is 2. The van der Waals surface area contributed by atoms with Crippen molar-refractivity contribution in [1.82, 2.24) is 9.80 Å². The summed E-state index contributed by atoms with van der Waals surface area (Å²) in [6.07, 6.45) is 2.03. The van der Waals surface area contributed by atoms with Crippen molar-refractivity contribution in [2.24, 2.45) is 0 Å². The van der Waals surface area contributed by atoms with Gasteiger partial charge in [-0.3, -0.25) is 4.90 Å². The van der Waals surface area contributed by atoms with Crippen LogP contribution >= 0.6 is 0 Å². The smallest absolute Gasteiger partial charge is 0.321 e. The quantitative estimate of drug-likeness (QED) is 0.784. The lowest BCUT2D eigenvalue weighted by Gasteiger charge is -2.49. The highest BCUT2D eigenvalue weighted by molar-refractivity contribution is 5.90. The molecule has 0 bridgehead atoms. The Kier molecular flexibility index (Phi) is 6.50. The van der Waals surface area contributed by atoms with Gasteiger partial charge in [0, 0.05) is 56.7 Å². The number of amides is 2. The van der Waals surface area contributed by atoms with Gasteiger partial charge in [0.15, 0.2) is 11.6 Å². The molecule has 2 fully saturated rings. The number of carbonyl (C=O) groups excluding carboxylic acids is 1. The van der Waals surface area contributed by atoms with Gasteiger partial charge in [0.05, 0.1) is 7.11 Å². The van der Waals surface area contributed by atoms with Crippen LogP contribution in [0.4, 0.5) is 14.9 Å². The lowest BCUT2D eigenvalue weighted by Crippen LogP contribution is -2.64. The third kappa shape index (κ3) is 4.74. The molecule has 0 radical (unpaired) electrons. The summed E-state index contributed by atoms with van der Waals surface area (Å²) in [4.78, 5) is 16.9. The van der Waals surface area contributed by atoms with Crippen LogP contribution in [0.5, 0.6) is 5.75 Å². The SMILES string of the molecule is COc1ccc(NC(=O)N2CC(N(Cc3ccccc3)C3CCOCC3)C2)cc1F. The first-order chi connectivity index (χ1) is 14.6. The maximum atomic E-state index is 13.9. The van der Waals surface area contributed by atoms with Crippen molar-refractivity contribution in [2.45, 2.75) is 31.5 Å². The lowest BCUT2D eigenvalue weighted by atomic mass is 9.99. The highest BCUT2D eigenvalue weighted by Crippen LogP contribution is 2.26. The van der Waals surface area contributed by atoms with Gasteiger partial charge in [0.1, 0.15) is 0 Å². The molecule has 2 aromatic rings. The van der Waals surface area contributed by atoms with Crippen LogP contribution < -0.4 is 10.1 Å². The zero-order valence-electron chi connectivity index (χ0n) is 17.2. The Labute approximate surface area is 176 Å². The second-order valence-electron chi connectivity index (χ2n) is 7.84. The van der Waals surface area contributed by atoms with Gasteiger partial charge in [-0.15, -0.1) is 0 Å². The van der Waals surface area contributed by atoms with E-state index < -0.39 is 5.82 Å². The number of halogens is 1. The van der Waals surface area contributed by atoms with E-state index in [0.29, 0.717) is 30.9 Å². The summed E-state index contributed by atoms with van der Waals surface area (Å²) in [5.41, 5.74) is 1.70. The summed E-state index contributed by atoms with van der Waals surface area (Å²) < 4.78 is 24.3. The molecule has 0 aliphatic carbocycles. The molecule has 160 valence electrons. The topological polar surface area (TPSA) is 54.0 Å². The first kappa shape index (κ1) is 20.6. The standard InChI is InChI=1S/C23H28FN3O3/c1-29-22-8-7-18(13-21(22)24)25-23(28)26-15-20(16-26)27(19-9-11-30-12-10-19)14-17-5-3-2-4-6-17/h2-8,13,19-20H,9-12,14-16H2,1H3,(H,25,28). The predicted octanol–water partition coefficient (Wildman–Crippen LogP) is 3.73. The number of ether oxygens (including phenoxy) is 2. The molecule has 0 unspecified atom stereocenters. The van der Waals surface area contributed by atoms with Crippen molar-refractivity contribution >= 4 is 11.7 Å². The minimum atomic E-state index is -0.495. The van der Waals surface area contributed by atoms with Gasteiger partial charge in [0.25, 0.3) is 0 Å². The summed E-state index contributed by atoms with van der Waals surface area (Å²) in [5, 5.41) is 2.78. The second-order valence-corrected chi connectivity index (χ2v) is 7.84. The summed E-state index contributed by atoms with van der Waals surface area (Å²) in [7, 11) is 1.41. The van der Waals surface area contributed by atoms with Crippen LogP contribution in [-0.4, -0.2) is 61.3 Å². The van der Waals surface area contributed by atoms with Crippen LogP contribution in [-0.2, 0) is 11.3 Å². The highest BCUT2D eigenvalue weighted by Gasteiger charge is 2.38. The Balaban J connectivity index is 1.37. The Morgan fingerprint density at radius 1 is 1.17 bits per heavy atom. The van der Waals surface area contributed by atoms with Gasteiger partial charge >= 0.3 is 6.03 Å². The number of carbonyl (C=O) groups is 1. The van der Waals surface area contributed by atoms with E-state index in [0.717, 1.165) is 32.6 Å². The minimum Gasteiger partial charge on any atom is -0.494 e. The van der Waals surface area contributed by atoms with Gasteiger partial charge in [0.2, 0.25) is 0 Å². The molecule has 2 aliphatic heterocycles. The molecule has 0 atom stereocenters. The number of rotatable bonds is 6. The van der Waals surface area contributed by atoms with E-state index in [2.05, 4.69) is 34.5 Å². The molecule has 7 heteroatoms. The third-order valence-corrected chi connectivity index (χ3v) is 5.89. The monoisotopic (exact) mass is 413 g/mol. The van der Waals surface area contributed by atoms with E-state index in [4.69, 9.17) is 9.47 Å². The molecule has 0 saturated carbocycles. The number of urea groups is 1. The first-order valence-electron chi connectivity index (χ1n) is 10.4. The number of benzene rings is 2. The van der Waals surface area contributed by atoms with E-state index in [1.165, 1.54) is 24.8 Å². The van der Waals surface area contributed by atoms with Gasteiger partial charge in [-0.05, 0) is 30.5 Å². The number of hydrogen-bond donors (Lipinski definition) is 1. The van der Waals surface area contributed by atoms with Crippen LogP contribution in [0.3, 0.4) is 0 Å². The van der Waals surface area contributed by atoms with Gasteiger partial charge in [-0.2, -0.15) is 0 Å². The molecular formula is C23H28FN3O3. The predicted molar refractivity (Wildman–Crippen MR) is 113 cm³/mol. The molecule has 2 saturated heterocycles. The van der Waals surface area contributed by atoms with Crippen molar-refractivity contribution in [3.63, 3.8) is 0 Å². The normalized spacial score (nSPS) is 17.6. The molecule has 2 aromatic carbocycles. The van der Waals surface area contributed by atoms with Crippen molar-refractivity contribution in [1.29, 1.82) is 0 Å². The maximum Gasteiger partial charge on any atom is 0.321 e. The molecule has 6 nitrogen and oxygen atoms in total. The summed E-state index contributed by atoms with van der Waals surface area (Å²) in [6.45, 7) is 3.77. The fraction of sp³-hybridized carbons (Fsp3) is 0.435. The van der Waals surface area contributed by atoms with Gasteiger partial charge in [-0.25, -0.2) is 9.18 Å². The molecule has 0 aromatic heterocycles. The number of anilines is 1. The fourth-order valence-corrected chi connectivity index (χ4v) is 4.14.